The molecule has 0 bridgehead atoms. The van der Waals surface area contributed by atoms with Crippen LogP contribution in [0.5, 0.6) is 0 Å². The number of amides is 2. The van der Waals surface area contributed by atoms with Crippen LogP contribution in [0.1, 0.15) is 29.2 Å². The van der Waals surface area contributed by atoms with E-state index in [4.69, 9.17) is 9.15 Å². The van der Waals surface area contributed by atoms with Crippen molar-refractivity contribution in [1.82, 2.24) is 9.88 Å². The van der Waals surface area contributed by atoms with Crippen molar-refractivity contribution < 1.29 is 23.1 Å². The van der Waals surface area contributed by atoms with Gasteiger partial charge < -0.3 is 19.0 Å². The molecule has 2 aromatic rings. The lowest BCUT2D eigenvalue weighted by molar-refractivity contribution is -0.144. The second kappa shape index (κ2) is 6.77. The zero-order valence-electron chi connectivity index (χ0n) is 15.0. The fourth-order valence-electron chi connectivity index (χ4n) is 3.74. The summed E-state index contributed by atoms with van der Waals surface area (Å²) in [7, 11) is 0. The molecular weight excluding hydrogens is 353 g/mol. The highest BCUT2D eigenvalue weighted by Gasteiger charge is 2.44. The predicted molar refractivity (Wildman–Crippen MR) is 93.8 cm³/mol. The van der Waals surface area contributed by atoms with Crippen LogP contribution in [0.2, 0.25) is 0 Å². The van der Waals surface area contributed by atoms with Crippen molar-refractivity contribution >= 4 is 17.5 Å². The Morgan fingerprint density at radius 3 is 2.93 bits per heavy atom. The SMILES string of the molecule is Cc1nc(C(=O)N2CCCC3(C2)CN(c2cccc(F)c2)C(=O)CO3)co1. The molecule has 2 saturated heterocycles. The molecular formula is C19H20FN3O4. The molecule has 8 heteroatoms. The van der Waals surface area contributed by atoms with Gasteiger partial charge in [-0.25, -0.2) is 9.37 Å². The van der Waals surface area contributed by atoms with E-state index < -0.39 is 11.4 Å². The van der Waals surface area contributed by atoms with Crippen molar-refractivity contribution in [2.75, 3.05) is 31.1 Å². The molecule has 27 heavy (non-hydrogen) atoms. The highest BCUT2D eigenvalue weighted by Crippen LogP contribution is 2.32. The Labute approximate surface area is 155 Å². The minimum atomic E-state index is -0.674. The molecule has 142 valence electrons. The number of likely N-dealkylation sites (tertiary alicyclic amines) is 1. The van der Waals surface area contributed by atoms with Crippen LogP contribution in [-0.4, -0.2) is 53.5 Å². The van der Waals surface area contributed by atoms with E-state index >= 15 is 0 Å². The first-order chi connectivity index (χ1) is 13.0. The highest BCUT2D eigenvalue weighted by molar-refractivity contribution is 5.95. The number of nitrogens with zero attached hydrogens (tertiary/aromatic N) is 3. The standard InChI is InChI=1S/C19H20FN3O4/c1-13-21-16(9-26-13)18(25)22-7-3-6-19(11-22)12-23(17(24)10-27-19)15-5-2-4-14(20)8-15/h2,4-5,8-9H,3,6-7,10-12H2,1H3. The summed E-state index contributed by atoms with van der Waals surface area (Å²) in [5.41, 5.74) is 0.0871. The van der Waals surface area contributed by atoms with Crippen LogP contribution in [0, 0.1) is 12.7 Å². The van der Waals surface area contributed by atoms with Gasteiger partial charge in [-0.15, -0.1) is 0 Å². The molecule has 0 N–H and O–H groups in total. The molecule has 3 heterocycles. The molecule has 0 aliphatic carbocycles. The lowest BCUT2D eigenvalue weighted by Gasteiger charge is -2.47. The van der Waals surface area contributed by atoms with E-state index in [-0.39, 0.29) is 30.7 Å². The molecule has 0 saturated carbocycles. The molecule has 1 aromatic carbocycles. The van der Waals surface area contributed by atoms with E-state index in [1.807, 2.05) is 0 Å². The van der Waals surface area contributed by atoms with Gasteiger partial charge in [-0.05, 0) is 31.0 Å². The number of oxazole rings is 1. The van der Waals surface area contributed by atoms with Crippen LogP contribution in [0.25, 0.3) is 0 Å². The van der Waals surface area contributed by atoms with Gasteiger partial charge in [-0.3, -0.25) is 9.59 Å². The second-order valence-electron chi connectivity index (χ2n) is 7.01. The summed E-state index contributed by atoms with van der Waals surface area (Å²) in [5.74, 6) is -0.407. The molecule has 2 amide bonds. The van der Waals surface area contributed by atoms with Gasteiger partial charge in [0.2, 0.25) is 0 Å². The Kier molecular flexibility index (Phi) is 4.43. The average molecular weight is 373 g/mol. The molecule has 0 radical (unpaired) electrons. The topological polar surface area (TPSA) is 75.9 Å². The number of benzene rings is 1. The number of rotatable bonds is 2. The number of piperidine rings is 1. The van der Waals surface area contributed by atoms with E-state index in [9.17, 15) is 14.0 Å². The predicted octanol–water partition coefficient (Wildman–Crippen LogP) is 2.16. The normalized spacial score (nSPS) is 23.1. The third-order valence-electron chi connectivity index (χ3n) is 5.03. The van der Waals surface area contributed by atoms with Crippen molar-refractivity contribution in [2.45, 2.75) is 25.4 Å². The zero-order chi connectivity index (χ0) is 19.0. The summed E-state index contributed by atoms with van der Waals surface area (Å²) in [6.45, 7) is 2.79. The quantitative estimate of drug-likeness (QED) is 0.806. The number of hydrogen-bond donors (Lipinski definition) is 0. The highest BCUT2D eigenvalue weighted by atomic mass is 19.1. The van der Waals surface area contributed by atoms with Crippen molar-refractivity contribution in [3.8, 4) is 0 Å². The molecule has 2 aliphatic rings. The smallest absolute Gasteiger partial charge is 0.275 e. The summed E-state index contributed by atoms with van der Waals surface area (Å²) in [6, 6.07) is 5.94. The lowest BCUT2D eigenvalue weighted by Crippen LogP contribution is -2.62. The Bertz CT molecular complexity index is 883. The first-order valence-electron chi connectivity index (χ1n) is 8.87. The van der Waals surface area contributed by atoms with Crippen LogP contribution in [-0.2, 0) is 9.53 Å². The minimum Gasteiger partial charge on any atom is -0.448 e. The molecule has 1 unspecified atom stereocenters. The summed E-state index contributed by atoms with van der Waals surface area (Å²) in [4.78, 5) is 32.4. The number of morpholine rings is 1. The fraction of sp³-hybridized carbons (Fsp3) is 0.421. The Hall–Kier alpha value is -2.74. The van der Waals surface area contributed by atoms with Gasteiger partial charge in [0, 0.05) is 19.2 Å². The van der Waals surface area contributed by atoms with Gasteiger partial charge in [0.15, 0.2) is 11.6 Å². The molecule has 1 aromatic heterocycles. The van der Waals surface area contributed by atoms with Crippen molar-refractivity contribution in [1.29, 1.82) is 0 Å². The number of carbonyl (C=O) groups excluding carboxylic acids is 2. The number of halogens is 1. The molecule has 1 spiro atoms. The van der Waals surface area contributed by atoms with E-state index in [1.165, 1.54) is 18.4 Å². The monoisotopic (exact) mass is 373 g/mol. The van der Waals surface area contributed by atoms with E-state index in [0.29, 0.717) is 31.1 Å². The average Bonchev–Trinajstić information content (AvgIpc) is 3.10. The van der Waals surface area contributed by atoms with E-state index in [2.05, 4.69) is 4.98 Å². The maximum absolute atomic E-state index is 13.6. The largest absolute Gasteiger partial charge is 0.448 e. The summed E-state index contributed by atoms with van der Waals surface area (Å²) >= 11 is 0. The number of hydrogen-bond acceptors (Lipinski definition) is 5. The van der Waals surface area contributed by atoms with Crippen LogP contribution >= 0.6 is 0 Å². The van der Waals surface area contributed by atoms with Crippen LogP contribution < -0.4 is 4.90 Å². The first kappa shape index (κ1) is 17.7. The third-order valence-corrected chi connectivity index (χ3v) is 5.03. The number of carbonyl (C=O) groups is 2. The van der Waals surface area contributed by atoms with Gasteiger partial charge >= 0.3 is 0 Å². The molecule has 2 fully saturated rings. The number of aryl methyl sites for hydroxylation is 1. The Morgan fingerprint density at radius 1 is 1.33 bits per heavy atom. The van der Waals surface area contributed by atoms with E-state index in [1.54, 1.807) is 28.9 Å². The molecule has 2 aliphatic heterocycles. The Balaban J connectivity index is 1.55. The Morgan fingerprint density at radius 2 is 2.19 bits per heavy atom. The summed E-state index contributed by atoms with van der Waals surface area (Å²) < 4.78 is 24.6. The lowest BCUT2D eigenvalue weighted by atomic mass is 9.90. The first-order valence-corrected chi connectivity index (χ1v) is 8.87. The summed E-state index contributed by atoms with van der Waals surface area (Å²) in [5, 5.41) is 0. The van der Waals surface area contributed by atoms with Crippen molar-refractivity contribution in [3.05, 3.63) is 47.9 Å². The van der Waals surface area contributed by atoms with Gasteiger partial charge in [-0.1, -0.05) is 6.07 Å². The van der Waals surface area contributed by atoms with Gasteiger partial charge in [0.05, 0.1) is 13.1 Å². The maximum Gasteiger partial charge on any atom is 0.275 e. The number of ether oxygens (including phenoxy) is 1. The van der Waals surface area contributed by atoms with E-state index in [0.717, 1.165) is 6.42 Å². The van der Waals surface area contributed by atoms with Crippen LogP contribution in [0.15, 0.2) is 34.9 Å². The number of aromatic nitrogens is 1. The molecule has 1 atom stereocenters. The van der Waals surface area contributed by atoms with Gasteiger partial charge in [0.25, 0.3) is 11.8 Å². The van der Waals surface area contributed by atoms with Gasteiger partial charge in [0.1, 0.15) is 24.3 Å². The summed E-state index contributed by atoms with van der Waals surface area (Å²) in [6.07, 6.45) is 2.81. The zero-order valence-corrected chi connectivity index (χ0v) is 15.0. The van der Waals surface area contributed by atoms with Gasteiger partial charge in [-0.2, -0.15) is 0 Å². The van der Waals surface area contributed by atoms with Crippen molar-refractivity contribution in [3.63, 3.8) is 0 Å². The second-order valence-corrected chi connectivity index (χ2v) is 7.01. The molecule has 7 nitrogen and oxygen atoms in total. The minimum absolute atomic E-state index is 0.0956. The maximum atomic E-state index is 13.6. The van der Waals surface area contributed by atoms with Crippen molar-refractivity contribution in [2.24, 2.45) is 0 Å². The van der Waals surface area contributed by atoms with Crippen LogP contribution in [0.3, 0.4) is 0 Å². The van der Waals surface area contributed by atoms with Crippen LogP contribution in [0.4, 0.5) is 10.1 Å². The molecule has 4 rings (SSSR count). The number of anilines is 1. The fourth-order valence-corrected chi connectivity index (χ4v) is 3.74. The third kappa shape index (κ3) is 3.44.